The van der Waals surface area contributed by atoms with Crippen molar-refractivity contribution < 1.29 is 14.3 Å². The van der Waals surface area contributed by atoms with E-state index in [1.54, 1.807) is 18.2 Å². The summed E-state index contributed by atoms with van der Waals surface area (Å²) >= 11 is 0. The standard InChI is InChI=1S/C15H11N3O3/c1-9-4-2-7-12(16-9)14-18-17-13(21-14)10-5-3-6-11(8-10)15(19)20/h2-8H,1H3,(H,19,20). The Balaban J connectivity index is 1.98. The van der Waals surface area contributed by atoms with E-state index in [4.69, 9.17) is 9.52 Å². The number of aryl methyl sites for hydroxylation is 1. The minimum atomic E-state index is -1.00. The monoisotopic (exact) mass is 281 g/mol. The molecule has 0 unspecified atom stereocenters. The van der Waals surface area contributed by atoms with Crippen LogP contribution < -0.4 is 0 Å². The Labute approximate surface area is 120 Å². The highest BCUT2D eigenvalue weighted by atomic mass is 16.4. The van der Waals surface area contributed by atoms with Gasteiger partial charge in [-0.2, -0.15) is 0 Å². The van der Waals surface area contributed by atoms with Crippen LogP contribution in [0, 0.1) is 6.92 Å². The highest BCUT2D eigenvalue weighted by molar-refractivity contribution is 5.88. The Morgan fingerprint density at radius 2 is 1.86 bits per heavy atom. The van der Waals surface area contributed by atoms with Crippen LogP contribution in [0.4, 0.5) is 0 Å². The third-order valence-corrected chi connectivity index (χ3v) is 2.89. The molecule has 0 aliphatic rings. The largest absolute Gasteiger partial charge is 0.478 e. The molecular weight excluding hydrogens is 270 g/mol. The molecule has 0 atom stereocenters. The van der Waals surface area contributed by atoms with Crippen molar-refractivity contribution in [3.63, 3.8) is 0 Å². The van der Waals surface area contributed by atoms with Gasteiger partial charge in [0.1, 0.15) is 5.69 Å². The lowest BCUT2D eigenvalue weighted by Gasteiger charge is -1.98. The van der Waals surface area contributed by atoms with Gasteiger partial charge in [0.2, 0.25) is 5.89 Å². The summed E-state index contributed by atoms with van der Waals surface area (Å²) in [5, 5.41) is 16.9. The quantitative estimate of drug-likeness (QED) is 0.794. The molecule has 0 spiro atoms. The molecule has 1 aromatic carbocycles. The van der Waals surface area contributed by atoms with Gasteiger partial charge in [-0.25, -0.2) is 9.78 Å². The van der Waals surface area contributed by atoms with Crippen LogP contribution in [0.25, 0.3) is 23.0 Å². The number of hydrogen-bond donors (Lipinski definition) is 1. The second-order valence-corrected chi connectivity index (χ2v) is 4.46. The molecule has 0 aliphatic carbocycles. The molecule has 1 N–H and O–H groups in total. The molecule has 0 fully saturated rings. The van der Waals surface area contributed by atoms with Gasteiger partial charge in [0.05, 0.1) is 5.56 Å². The minimum Gasteiger partial charge on any atom is -0.478 e. The molecule has 6 heteroatoms. The SMILES string of the molecule is Cc1cccc(-c2nnc(-c3cccc(C(=O)O)c3)o2)n1. The summed E-state index contributed by atoms with van der Waals surface area (Å²) in [5.74, 6) is -0.442. The number of carboxylic acid groups (broad SMARTS) is 1. The average molecular weight is 281 g/mol. The third kappa shape index (κ3) is 2.64. The fraction of sp³-hybridized carbons (Fsp3) is 0.0667. The molecule has 0 aliphatic heterocycles. The van der Waals surface area contributed by atoms with Crippen molar-refractivity contribution >= 4 is 5.97 Å². The predicted molar refractivity (Wildman–Crippen MR) is 74.7 cm³/mol. The Bertz CT molecular complexity index is 811. The molecule has 3 aromatic rings. The van der Waals surface area contributed by atoms with Crippen molar-refractivity contribution in [2.24, 2.45) is 0 Å². The smallest absolute Gasteiger partial charge is 0.335 e. The lowest BCUT2D eigenvalue weighted by atomic mass is 10.1. The van der Waals surface area contributed by atoms with Gasteiger partial charge in [0.25, 0.3) is 5.89 Å². The van der Waals surface area contributed by atoms with Crippen LogP contribution >= 0.6 is 0 Å². The summed E-state index contributed by atoms with van der Waals surface area (Å²) in [6.07, 6.45) is 0. The van der Waals surface area contributed by atoms with E-state index >= 15 is 0 Å². The summed E-state index contributed by atoms with van der Waals surface area (Å²) in [4.78, 5) is 15.3. The number of hydrogen-bond acceptors (Lipinski definition) is 5. The summed E-state index contributed by atoms with van der Waals surface area (Å²) in [6, 6.07) is 11.8. The summed E-state index contributed by atoms with van der Waals surface area (Å²) < 4.78 is 5.57. The van der Waals surface area contributed by atoms with Crippen LogP contribution in [0.5, 0.6) is 0 Å². The summed E-state index contributed by atoms with van der Waals surface area (Å²) in [7, 11) is 0. The van der Waals surface area contributed by atoms with Crippen LogP contribution in [0.1, 0.15) is 16.1 Å². The number of aromatic nitrogens is 3. The van der Waals surface area contributed by atoms with Gasteiger partial charge in [0, 0.05) is 11.3 Å². The zero-order valence-corrected chi connectivity index (χ0v) is 11.1. The van der Waals surface area contributed by atoms with Crippen molar-refractivity contribution in [1.82, 2.24) is 15.2 Å². The van der Waals surface area contributed by atoms with Crippen LogP contribution in [0.15, 0.2) is 46.9 Å². The molecule has 3 rings (SSSR count). The van der Waals surface area contributed by atoms with Crippen molar-refractivity contribution in [2.45, 2.75) is 6.92 Å². The third-order valence-electron chi connectivity index (χ3n) is 2.89. The maximum Gasteiger partial charge on any atom is 0.335 e. The highest BCUT2D eigenvalue weighted by Crippen LogP contribution is 2.23. The maximum atomic E-state index is 11.0. The van der Waals surface area contributed by atoms with Gasteiger partial charge in [-0.05, 0) is 37.3 Å². The predicted octanol–water partition coefficient (Wildman–Crippen LogP) is 2.81. The van der Waals surface area contributed by atoms with Gasteiger partial charge in [-0.15, -0.1) is 10.2 Å². The second kappa shape index (κ2) is 5.16. The Kier molecular flexibility index (Phi) is 3.19. The van der Waals surface area contributed by atoms with Crippen molar-refractivity contribution in [1.29, 1.82) is 0 Å². The van der Waals surface area contributed by atoms with Gasteiger partial charge in [0.15, 0.2) is 0 Å². The number of carbonyl (C=O) groups is 1. The molecule has 21 heavy (non-hydrogen) atoms. The zero-order chi connectivity index (χ0) is 14.8. The number of aromatic carboxylic acids is 1. The molecule has 2 heterocycles. The lowest BCUT2D eigenvalue weighted by Crippen LogP contribution is -1.95. The normalized spacial score (nSPS) is 10.5. The number of carboxylic acids is 1. The van der Waals surface area contributed by atoms with Gasteiger partial charge in [-0.3, -0.25) is 0 Å². The van der Waals surface area contributed by atoms with E-state index in [1.807, 2.05) is 19.1 Å². The maximum absolute atomic E-state index is 11.0. The first-order valence-electron chi connectivity index (χ1n) is 6.25. The van der Waals surface area contributed by atoms with Gasteiger partial charge in [-0.1, -0.05) is 12.1 Å². The van der Waals surface area contributed by atoms with Crippen LogP contribution in [-0.2, 0) is 0 Å². The van der Waals surface area contributed by atoms with E-state index in [0.717, 1.165) is 5.69 Å². The molecule has 104 valence electrons. The Morgan fingerprint density at radius 3 is 2.62 bits per heavy atom. The van der Waals surface area contributed by atoms with E-state index in [0.29, 0.717) is 17.1 Å². The first-order chi connectivity index (χ1) is 10.1. The number of pyridine rings is 1. The molecule has 0 saturated carbocycles. The van der Waals surface area contributed by atoms with E-state index in [9.17, 15) is 4.79 Å². The zero-order valence-electron chi connectivity index (χ0n) is 11.1. The van der Waals surface area contributed by atoms with Crippen molar-refractivity contribution in [3.05, 3.63) is 53.7 Å². The van der Waals surface area contributed by atoms with E-state index < -0.39 is 5.97 Å². The molecule has 0 bridgehead atoms. The molecule has 0 saturated heterocycles. The summed E-state index contributed by atoms with van der Waals surface area (Å²) in [6.45, 7) is 1.87. The number of nitrogens with zero attached hydrogens (tertiary/aromatic N) is 3. The first kappa shape index (κ1) is 13.0. The molecule has 0 amide bonds. The molecular formula is C15H11N3O3. The molecule has 0 radical (unpaired) electrons. The number of rotatable bonds is 3. The lowest BCUT2D eigenvalue weighted by molar-refractivity contribution is 0.0697. The van der Waals surface area contributed by atoms with Crippen LogP contribution in [-0.4, -0.2) is 26.3 Å². The topological polar surface area (TPSA) is 89.1 Å². The van der Waals surface area contributed by atoms with E-state index in [2.05, 4.69) is 15.2 Å². The van der Waals surface area contributed by atoms with Gasteiger partial charge >= 0.3 is 5.97 Å². The first-order valence-corrected chi connectivity index (χ1v) is 6.25. The summed E-state index contributed by atoms with van der Waals surface area (Å²) in [5.41, 5.74) is 2.16. The fourth-order valence-corrected chi connectivity index (χ4v) is 1.89. The van der Waals surface area contributed by atoms with E-state index in [1.165, 1.54) is 12.1 Å². The number of benzene rings is 1. The molecule has 6 nitrogen and oxygen atoms in total. The van der Waals surface area contributed by atoms with Gasteiger partial charge < -0.3 is 9.52 Å². The van der Waals surface area contributed by atoms with Crippen LogP contribution in [0.2, 0.25) is 0 Å². The van der Waals surface area contributed by atoms with Crippen LogP contribution in [0.3, 0.4) is 0 Å². The Morgan fingerprint density at radius 1 is 1.10 bits per heavy atom. The highest BCUT2D eigenvalue weighted by Gasteiger charge is 2.13. The molecule has 2 aromatic heterocycles. The van der Waals surface area contributed by atoms with Crippen molar-refractivity contribution in [2.75, 3.05) is 0 Å². The fourth-order valence-electron chi connectivity index (χ4n) is 1.89. The van der Waals surface area contributed by atoms with E-state index in [-0.39, 0.29) is 11.5 Å². The Hall–Kier alpha value is -3.02. The van der Waals surface area contributed by atoms with Crippen molar-refractivity contribution in [3.8, 4) is 23.0 Å². The average Bonchev–Trinajstić information content (AvgIpc) is 2.97. The minimum absolute atomic E-state index is 0.168. The second-order valence-electron chi connectivity index (χ2n) is 4.46.